The van der Waals surface area contributed by atoms with E-state index in [0.717, 1.165) is 32.1 Å². The van der Waals surface area contributed by atoms with Crippen LogP contribution < -0.4 is 15.5 Å². The third kappa shape index (κ3) is 5.44. The van der Waals surface area contributed by atoms with E-state index in [4.69, 9.17) is 0 Å². The summed E-state index contributed by atoms with van der Waals surface area (Å²) >= 11 is 2.05. The van der Waals surface area contributed by atoms with Gasteiger partial charge >= 0.3 is 0 Å². The molecule has 0 aromatic heterocycles. The maximum Gasteiger partial charge on any atom is 0.191 e. The molecule has 1 aromatic carbocycles. The molecule has 0 spiro atoms. The van der Waals surface area contributed by atoms with E-state index < -0.39 is 0 Å². The van der Waals surface area contributed by atoms with Crippen LogP contribution in [0, 0.1) is 5.92 Å². The number of nitrogens with zero attached hydrogens (tertiary/aromatic N) is 2. The van der Waals surface area contributed by atoms with Gasteiger partial charge in [-0.25, -0.2) is 0 Å². The summed E-state index contributed by atoms with van der Waals surface area (Å²) in [4.78, 5) is 6.72. The molecular formula is C17H28N4S. The molecule has 0 unspecified atom stereocenters. The number of hydrogen-bond donors (Lipinski definition) is 2. The van der Waals surface area contributed by atoms with E-state index in [1.54, 1.807) is 0 Å². The molecule has 4 nitrogen and oxygen atoms in total. The third-order valence-corrected chi connectivity index (χ3v) is 4.62. The van der Waals surface area contributed by atoms with Crippen LogP contribution in [0.25, 0.3) is 0 Å². The van der Waals surface area contributed by atoms with Crippen molar-refractivity contribution in [2.45, 2.75) is 20.4 Å². The van der Waals surface area contributed by atoms with Gasteiger partial charge in [-0.2, -0.15) is 11.8 Å². The number of nitrogens with one attached hydrogen (secondary N) is 2. The Morgan fingerprint density at radius 1 is 1.18 bits per heavy atom. The molecule has 122 valence electrons. The highest BCUT2D eigenvalue weighted by molar-refractivity contribution is 7.99. The van der Waals surface area contributed by atoms with Crippen molar-refractivity contribution in [2.75, 3.05) is 43.1 Å². The number of rotatable bonds is 5. The second-order valence-electron chi connectivity index (χ2n) is 5.97. The highest BCUT2D eigenvalue weighted by Crippen LogP contribution is 2.19. The number of aliphatic imine (C=N–C) groups is 1. The summed E-state index contributed by atoms with van der Waals surface area (Å²) in [6, 6.07) is 8.88. The van der Waals surface area contributed by atoms with Crippen LogP contribution in [-0.2, 0) is 6.54 Å². The van der Waals surface area contributed by atoms with Gasteiger partial charge < -0.3 is 15.5 Å². The third-order valence-electron chi connectivity index (χ3n) is 3.67. The molecule has 22 heavy (non-hydrogen) atoms. The monoisotopic (exact) mass is 320 g/mol. The average molecular weight is 321 g/mol. The summed E-state index contributed by atoms with van der Waals surface area (Å²) in [5, 5.41) is 6.69. The highest BCUT2D eigenvalue weighted by atomic mass is 32.2. The number of thioether (sulfide) groups is 1. The molecule has 1 saturated heterocycles. The lowest BCUT2D eigenvalue weighted by Crippen LogP contribution is -2.38. The van der Waals surface area contributed by atoms with Gasteiger partial charge in [-0.3, -0.25) is 4.99 Å². The van der Waals surface area contributed by atoms with E-state index in [0.29, 0.717) is 5.92 Å². The number of benzene rings is 1. The number of hydrogen-bond acceptors (Lipinski definition) is 3. The number of guanidine groups is 1. The van der Waals surface area contributed by atoms with Gasteiger partial charge in [0.2, 0.25) is 0 Å². The van der Waals surface area contributed by atoms with Gasteiger partial charge in [0.25, 0.3) is 0 Å². The Balaban J connectivity index is 1.82. The maximum atomic E-state index is 4.25. The molecule has 2 N–H and O–H groups in total. The summed E-state index contributed by atoms with van der Waals surface area (Å²) in [6.07, 6.45) is 0. The van der Waals surface area contributed by atoms with Crippen LogP contribution in [0.4, 0.5) is 5.69 Å². The molecule has 1 fully saturated rings. The first-order chi connectivity index (χ1) is 10.7. The minimum atomic E-state index is 0.612. The second kappa shape index (κ2) is 8.93. The normalized spacial score (nSPS) is 16.0. The first-order valence-corrected chi connectivity index (χ1v) is 9.20. The Morgan fingerprint density at radius 3 is 2.45 bits per heavy atom. The average Bonchev–Trinajstić information content (AvgIpc) is 2.56. The van der Waals surface area contributed by atoms with Gasteiger partial charge in [-0.1, -0.05) is 26.0 Å². The fourth-order valence-corrected chi connectivity index (χ4v) is 3.26. The molecule has 0 amide bonds. The second-order valence-corrected chi connectivity index (χ2v) is 7.19. The van der Waals surface area contributed by atoms with Crippen molar-refractivity contribution < 1.29 is 0 Å². The van der Waals surface area contributed by atoms with Gasteiger partial charge in [-0.05, 0) is 23.6 Å². The molecule has 2 rings (SSSR count). The van der Waals surface area contributed by atoms with Gasteiger partial charge in [0.15, 0.2) is 5.96 Å². The van der Waals surface area contributed by atoms with Gasteiger partial charge in [0.1, 0.15) is 0 Å². The Bertz CT molecular complexity index is 464. The molecule has 0 saturated carbocycles. The molecule has 5 heteroatoms. The van der Waals surface area contributed by atoms with Crippen molar-refractivity contribution in [3.8, 4) is 0 Å². The van der Waals surface area contributed by atoms with Crippen LogP contribution in [0.5, 0.6) is 0 Å². The van der Waals surface area contributed by atoms with Crippen molar-refractivity contribution >= 4 is 23.4 Å². The zero-order valence-corrected chi connectivity index (χ0v) is 14.7. The van der Waals surface area contributed by atoms with Crippen LogP contribution in [0.1, 0.15) is 19.4 Å². The van der Waals surface area contributed by atoms with Crippen LogP contribution >= 0.6 is 11.8 Å². The minimum absolute atomic E-state index is 0.612. The lowest BCUT2D eigenvalue weighted by Gasteiger charge is -2.28. The molecule has 1 aromatic rings. The number of anilines is 1. The summed E-state index contributed by atoms with van der Waals surface area (Å²) in [7, 11) is 1.81. The Labute approximate surface area is 138 Å². The fourth-order valence-electron chi connectivity index (χ4n) is 2.35. The highest BCUT2D eigenvalue weighted by Gasteiger charge is 2.10. The van der Waals surface area contributed by atoms with Gasteiger partial charge in [0.05, 0.1) is 0 Å². The van der Waals surface area contributed by atoms with E-state index in [2.05, 4.69) is 58.6 Å². The van der Waals surface area contributed by atoms with Crippen molar-refractivity contribution in [2.24, 2.45) is 10.9 Å². The predicted molar refractivity (Wildman–Crippen MR) is 99.0 cm³/mol. The molecule has 0 atom stereocenters. The molecular weight excluding hydrogens is 292 g/mol. The van der Waals surface area contributed by atoms with Gasteiger partial charge in [0, 0.05) is 50.4 Å². The predicted octanol–water partition coefficient (Wildman–Crippen LogP) is 2.56. The fraction of sp³-hybridized carbons (Fsp3) is 0.588. The SMILES string of the molecule is CN=C(NCc1ccc(N2CCSCC2)cc1)NCC(C)C. The Kier molecular flexibility index (Phi) is 6.90. The van der Waals surface area contributed by atoms with E-state index in [-0.39, 0.29) is 0 Å². The zero-order chi connectivity index (χ0) is 15.8. The van der Waals surface area contributed by atoms with E-state index in [1.165, 1.54) is 22.8 Å². The summed E-state index contributed by atoms with van der Waals surface area (Å²) < 4.78 is 0. The minimum Gasteiger partial charge on any atom is -0.370 e. The van der Waals surface area contributed by atoms with E-state index >= 15 is 0 Å². The molecule has 0 bridgehead atoms. The lowest BCUT2D eigenvalue weighted by atomic mass is 10.2. The lowest BCUT2D eigenvalue weighted by molar-refractivity contribution is 0.614. The van der Waals surface area contributed by atoms with Crippen LogP contribution in [-0.4, -0.2) is 44.1 Å². The van der Waals surface area contributed by atoms with Crippen LogP contribution in [0.15, 0.2) is 29.3 Å². The Hall–Kier alpha value is -1.36. The first kappa shape index (κ1) is 17.0. The van der Waals surface area contributed by atoms with Crippen molar-refractivity contribution in [1.29, 1.82) is 0 Å². The standard InChI is InChI=1S/C17H28N4S/c1-14(2)12-19-17(18-3)20-13-15-4-6-16(7-5-15)21-8-10-22-11-9-21/h4-7,14H,8-13H2,1-3H3,(H2,18,19,20). The summed E-state index contributed by atoms with van der Waals surface area (Å²) in [6.45, 7) is 8.44. The first-order valence-electron chi connectivity index (χ1n) is 8.05. The molecule has 0 aliphatic carbocycles. The summed E-state index contributed by atoms with van der Waals surface area (Å²) in [5.41, 5.74) is 2.62. The Morgan fingerprint density at radius 2 is 1.86 bits per heavy atom. The summed E-state index contributed by atoms with van der Waals surface area (Å²) in [5.74, 6) is 3.95. The molecule has 1 heterocycles. The molecule has 1 aliphatic heterocycles. The van der Waals surface area contributed by atoms with Crippen LogP contribution in [0.2, 0.25) is 0 Å². The quantitative estimate of drug-likeness (QED) is 0.646. The zero-order valence-electron chi connectivity index (χ0n) is 13.9. The molecule has 1 aliphatic rings. The van der Waals surface area contributed by atoms with Crippen molar-refractivity contribution in [3.05, 3.63) is 29.8 Å². The molecule has 0 radical (unpaired) electrons. The maximum absolute atomic E-state index is 4.25. The smallest absolute Gasteiger partial charge is 0.191 e. The van der Waals surface area contributed by atoms with Crippen LogP contribution in [0.3, 0.4) is 0 Å². The van der Waals surface area contributed by atoms with Gasteiger partial charge in [-0.15, -0.1) is 0 Å². The van der Waals surface area contributed by atoms with E-state index in [1.807, 2.05) is 18.8 Å². The topological polar surface area (TPSA) is 39.7 Å². The van der Waals surface area contributed by atoms with Crippen molar-refractivity contribution in [1.82, 2.24) is 10.6 Å². The van der Waals surface area contributed by atoms with E-state index in [9.17, 15) is 0 Å². The largest absolute Gasteiger partial charge is 0.370 e. The van der Waals surface area contributed by atoms with Crippen molar-refractivity contribution in [3.63, 3.8) is 0 Å².